The van der Waals surface area contributed by atoms with Crippen LogP contribution in [0.2, 0.25) is 0 Å². The molecule has 0 saturated heterocycles. The van der Waals surface area contributed by atoms with Crippen LogP contribution in [0, 0.1) is 5.92 Å². The van der Waals surface area contributed by atoms with Crippen LogP contribution in [0.1, 0.15) is 29.8 Å². The van der Waals surface area contributed by atoms with Gasteiger partial charge < -0.3 is 10.4 Å². The lowest BCUT2D eigenvalue weighted by molar-refractivity contribution is -0.141. The van der Waals surface area contributed by atoms with Crippen molar-refractivity contribution < 1.29 is 14.7 Å². The van der Waals surface area contributed by atoms with Gasteiger partial charge in [-0.05, 0) is 30.7 Å². The van der Waals surface area contributed by atoms with E-state index in [1.54, 1.807) is 6.20 Å². The highest BCUT2D eigenvalue weighted by Gasteiger charge is 2.31. The second-order valence-corrected chi connectivity index (χ2v) is 5.40. The molecule has 3 rings (SSSR count). The Kier molecular flexibility index (Phi) is 3.56. The van der Waals surface area contributed by atoms with Gasteiger partial charge in [-0.3, -0.25) is 14.6 Å². The zero-order chi connectivity index (χ0) is 14.8. The van der Waals surface area contributed by atoms with Gasteiger partial charge in [-0.25, -0.2) is 0 Å². The molecule has 1 aromatic carbocycles. The van der Waals surface area contributed by atoms with Gasteiger partial charge in [0.05, 0.1) is 5.92 Å². The van der Waals surface area contributed by atoms with Crippen LogP contribution in [0.3, 0.4) is 0 Å². The molecule has 1 aliphatic rings. The number of carbonyl (C=O) groups excluding carboxylic acids is 1. The highest BCUT2D eigenvalue weighted by atomic mass is 16.4. The highest BCUT2D eigenvalue weighted by molar-refractivity contribution is 6.05. The number of nitrogens with one attached hydrogen (secondary N) is 1. The van der Waals surface area contributed by atoms with Crippen molar-refractivity contribution in [1.82, 2.24) is 10.3 Å². The molecule has 1 heterocycles. The van der Waals surface area contributed by atoms with Gasteiger partial charge in [0.25, 0.3) is 5.91 Å². The number of hydrogen-bond donors (Lipinski definition) is 2. The Balaban J connectivity index is 1.78. The van der Waals surface area contributed by atoms with Gasteiger partial charge in [-0.1, -0.05) is 24.3 Å². The molecule has 0 radical (unpaired) electrons. The summed E-state index contributed by atoms with van der Waals surface area (Å²) in [6.45, 7) is 0. The average Bonchev–Trinajstić information content (AvgIpc) is 2.95. The normalized spacial score (nSPS) is 21.3. The van der Waals surface area contributed by atoms with E-state index in [1.807, 2.05) is 30.3 Å². The number of pyridine rings is 1. The summed E-state index contributed by atoms with van der Waals surface area (Å²) >= 11 is 0. The summed E-state index contributed by atoms with van der Waals surface area (Å²) < 4.78 is 0. The number of aliphatic carboxylic acids is 1. The molecule has 2 aromatic rings. The Morgan fingerprint density at radius 3 is 2.76 bits per heavy atom. The average molecular weight is 284 g/mol. The van der Waals surface area contributed by atoms with Gasteiger partial charge in [-0.2, -0.15) is 0 Å². The van der Waals surface area contributed by atoms with Crippen molar-refractivity contribution in [3.05, 3.63) is 42.2 Å². The van der Waals surface area contributed by atoms with Crippen LogP contribution >= 0.6 is 0 Å². The van der Waals surface area contributed by atoms with E-state index in [2.05, 4.69) is 10.3 Å². The number of carbonyl (C=O) groups is 2. The van der Waals surface area contributed by atoms with Gasteiger partial charge >= 0.3 is 5.97 Å². The molecule has 108 valence electrons. The summed E-state index contributed by atoms with van der Waals surface area (Å²) in [4.78, 5) is 27.5. The summed E-state index contributed by atoms with van der Waals surface area (Å²) in [5.41, 5.74) is 0.395. The van der Waals surface area contributed by atoms with E-state index < -0.39 is 5.97 Å². The fraction of sp³-hybridized carbons (Fsp3) is 0.312. The van der Waals surface area contributed by atoms with Crippen LogP contribution in [0.5, 0.6) is 0 Å². The molecule has 1 aromatic heterocycles. The van der Waals surface area contributed by atoms with E-state index in [9.17, 15) is 9.59 Å². The van der Waals surface area contributed by atoms with Crippen LogP contribution in [0.4, 0.5) is 0 Å². The van der Waals surface area contributed by atoms with Crippen LogP contribution < -0.4 is 5.32 Å². The van der Waals surface area contributed by atoms with Crippen molar-refractivity contribution in [2.45, 2.75) is 25.3 Å². The largest absolute Gasteiger partial charge is 0.481 e. The number of benzene rings is 1. The minimum atomic E-state index is -0.782. The number of fused-ring (bicyclic) bond motifs is 1. The van der Waals surface area contributed by atoms with E-state index in [1.165, 1.54) is 0 Å². The molecule has 2 atom stereocenters. The van der Waals surface area contributed by atoms with Gasteiger partial charge in [0.1, 0.15) is 5.69 Å². The number of carboxylic acids is 1. The lowest BCUT2D eigenvalue weighted by atomic mass is 10.1. The molecule has 21 heavy (non-hydrogen) atoms. The first kappa shape index (κ1) is 13.5. The number of rotatable bonds is 3. The summed E-state index contributed by atoms with van der Waals surface area (Å²) in [5, 5.41) is 13.7. The molecule has 5 heteroatoms. The highest BCUT2D eigenvalue weighted by Crippen LogP contribution is 2.26. The lowest BCUT2D eigenvalue weighted by Crippen LogP contribution is -2.34. The fourth-order valence-corrected chi connectivity index (χ4v) is 2.89. The maximum absolute atomic E-state index is 12.4. The minimum absolute atomic E-state index is 0.0839. The van der Waals surface area contributed by atoms with Crippen molar-refractivity contribution in [3.63, 3.8) is 0 Å². The number of amides is 1. The third-order valence-corrected chi connectivity index (χ3v) is 4.01. The Labute approximate surface area is 122 Å². The van der Waals surface area contributed by atoms with E-state index in [-0.39, 0.29) is 17.9 Å². The second-order valence-electron chi connectivity index (χ2n) is 5.40. The first-order valence-electron chi connectivity index (χ1n) is 7.02. The topological polar surface area (TPSA) is 79.3 Å². The molecule has 0 aliphatic heterocycles. The molecule has 0 unspecified atom stereocenters. The van der Waals surface area contributed by atoms with Crippen LogP contribution in [0.25, 0.3) is 10.8 Å². The van der Waals surface area contributed by atoms with E-state index >= 15 is 0 Å². The number of aromatic nitrogens is 1. The fourth-order valence-electron chi connectivity index (χ4n) is 2.89. The first-order valence-corrected chi connectivity index (χ1v) is 7.02. The SMILES string of the molecule is O=C(N[C@H]1CC[C@@H](C(=O)O)C1)c1nccc2ccccc12. The van der Waals surface area contributed by atoms with Crippen LogP contribution in [0.15, 0.2) is 36.5 Å². The summed E-state index contributed by atoms with van der Waals surface area (Å²) in [6.07, 6.45) is 3.43. The maximum atomic E-state index is 12.4. The minimum Gasteiger partial charge on any atom is -0.481 e. The van der Waals surface area contributed by atoms with Crippen LogP contribution in [-0.2, 0) is 4.79 Å². The maximum Gasteiger partial charge on any atom is 0.306 e. The van der Waals surface area contributed by atoms with Gasteiger partial charge in [0.2, 0.25) is 0 Å². The third kappa shape index (κ3) is 2.72. The predicted molar refractivity (Wildman–Crippen MR) is 78.0 cm³/mol. The summed E-state index contributed by atoms with van der Waals surface area (Å²) in [7, 11) is 0. The zero-order valence-electron chi connectivity index (χ0n) is 11.5. The summed E-state index contributed by atoms with van der Waals surface area (Å²) in [6, 6.07) is 9.37. The van der Waals surface area contributed by atoms with E-state index in [0.29, 0.717) is 25.0 Å². The zero-order valence-corrected chi connectivity index (χ0v) is 11.5. The smallest absolute Gasteiger partial charge is 0.306 e. The van der Waals surface area contributed by atoms with Gasteiger partial charge in [0, 0.05) is 17.6 Å². The van der Waals surface area contributed by atoms with Crippen molar-refractivity contribution in [1.29, 1.82) is 0 Å². The molecule has 0 spiro atoms. The Hall–Kier alpha value is -2.43. The molecule has 0 bridgehead atoms. The molecule has 1 saturated carbocycles. The molecule has 1 fully saturated rings. The lowest BCUT2D eigenvalue weighted by Gasteiger charge is -2.13. The molecule has 1 aliphatic carbocycles. The molecular formula is C16H16N2O3. The quantitative estimate of drug-likeness (QED) is 0.905. The van der Waals surface area contributed by atoms with Crippen LogP contribution in [-0.4, -0.2) is 28.0 Å². The second kappa shape index (κ2) is 5.52. The third-order valence-electron chi connectivity index (χ3n) is 4.01. The number of carboxylic acid groups (broad SMARTS) is 1. The summed E-state index contributed by atoms with van der Waals surface area (Å²) in [5.74, 6) is -1.37. The Bertz CT molecular complexity index is 693. The van der Waals surface area contributed by atoms with Gasteiger partial charge in [0.15, 0.2) is 0 Å². The number of nitrogens with zero attached hydrogens (tertiary/aromatic N) is 1. The molecule has 2 N–H and O–H groups in total. The Morgan fingerprint density at radius 1 is 1.19 bits per heavy atom. The van der Waals surface area contributed by atoms with Gasteiger partial charge in [-0.15, -0.1) is 0 Å². The van der Waals surface area contributed by atoms with Crippen molar-refractivity contribution in [2.24, 2.45) is 5.92 Å². The van der Waals surface area contributed by atoms with Crippen molar-refractivity contribution in [3.8, 4) is 0 Å². The van der Waals surface area contributed by atoms with Crippen molar-refractivity contribution >= 4 is 22.6 Å². The first-order chi connectivity index (χ1) is 10.1. The van der Waals surface area contributed by atoms with E-state index in [0.717, 1.165) is 10.8 Å². The number of hydrogen-bond acceptors (Lipinski definition) is 3. The van der Waals surface area contributed by atoms with Crippen molar-refractivity contribution in [2.75, 3.05) is 0 Å². The molecule has 1 amide bonds. The Morgan fingerprint density at radius 2 is 2.00 bits per heavy atom. The van der Waals surface area contributed by atoms with E-state index in [4.69, 9.17) is 5.11 Å². The molecular weight excluding hydrogens is 268 g/mol. The standard InChI is InChI=1S/C16H16N2O3/c19-15(18-12-6-5-11(9-12)16(20)21)14-13-4-2-1-3-10(13)7-8-17-14/h1-4,7-8,11-12H,5-6,9H2,(H,18,19)(H,20,21)/t11-,12+/m1/s1. The predicted octanol–water partition coefficient (Wildman–Crippen LogP) is 2.22. The molecule has 5 nitrogen and oxygen atoms in total. The monoisotopic (exact) mass is 284 g/mol.